The molecule has 0 spiro atoms. The monoisotopic (exact) mass is 285 g/mol. The Kier molecular flexibility index (Phi) is 4.38. The first-order valence-corrected chi connectivity index (χ1v) is 7.82. The van der Waals surface area contributed by atoms with Crippen LogP contribution in [0.2, 0.25) is 0 Å². The summed E-state index contributed by atoms with van der Waals surface area (Å²) in [5, 5.41) is 0. The maximum atomic E-state index is 12.0. The van der Waals surface area contributed by atoms with Crippen molar-refractivity contribution in [3.05, 3.63) is 28.7 Å². The van der Waals surface area contributed by atoms with E-state index in [1.165, 1.54) is 18.5 Å². The van der Waals surface area contributed by atoms with Crippen molar-refractivity contribution in [2.45, 2.75) is 17.7 Å². The van der Waals surface area contributed by atoms with Crippen LogP contribution in [0.4, 0.5) is 0 Å². The average molecular weight is 285 g/mol. The highest BCUT2D eigenvalue weighted by Gasteiger charge is 2.22. The molecule has 19 heavy (non-hydrogen) atoms. The number of pyridine rings is 1. The molecule has 0 bridgehead atoms. The van der Waals surface area contributed by atoms with Gasteiger partial charge in [-0.25, -0.2) is 13.1 Å². The van der Waals surface area contributed by atoms with Gasteiger partial charge in [0, 0.05) is 31.5 Å². The molecule has 1 aliphatic rings. The van der Waals surface area contributed by atoms with Crippen molar-refractivity contribution in [3.63, 3.8) is 0 Å². The number of nitrogens with one attached hydrogen (secondary N) is 2. The molecule has 1 aromatic heterocycles. The Morgan fingerprint density at radius 1 is 1.53 bits per heavy atom. The first-order chi connectivity index (χ1) is 8.99. The Morgan fingerprint density at radius 2 is 2.32 bits per heavy atom. The smallest absolute Gasteiger partial charge is 0.245 e. The predicted octanol–water partition coefficient (Wildman–Crippen LogP) is -0.00500. The number of piperidine rings is 1. The lowest BCUT2D eigenvalue weighted by molar-refractivity contribution is 0.211. The lowest BCUT2D eigenvalue weighted by atomic mass is 9.99. The molecule has 0 saturated carbocycles. The molecule has 106 valence electrons. The minimum absolute atomic E-state index is 0.223. The number of rotatable bonds is 4. The molecule has 1 aliphatic heterocycles. The van der Waals surface area contributed by atoms with E-state index in [9.17, 15) is 13.2 Å². The van der Waals surface area contributed by atoms with Crippen molar-refractivity contribution in [3.8, 4) is 0 Å². The summed E-state index contributed by atoms with van der Waals surface area (Å²) in [6.07, 6.45) is 4.72. The number of aromatic amines is 1. The molecular formula is C12H19N3O3S. The molecule has 1 unspecified atom stereocenters. The van der Waals surface area contributed by atoms with Gasteiger partial charge in [0.25, 0.3) is 0 Å². The van der Waals surface area contributed by atoms with Gasteiger partial charge in [-0.1, -0.05) is 0 Å². The summed E-state index contributed by atoms with van der Waals surface area (Å²) in [6, 6.07) is 1.21. The van der Waals surface area contributed by atoms with Gasteiger partial charge >= 0.3 is 0 Å². The van der Waals surface area contributed by atoms with Gasteiger partial charge in [0.1, 0.15) is 4.90 Å². The van der Waals surface area contributed by atoms with Crippen LogP contribution in [0.1, 0.15) is 12.8 Å². The second-order valence-electron chi connectivity index (χ2n) is 5.00. The van der Waals surface area contributed by atoms with Crippen LogP contribution in [-0.4, -0.2) is 45.0 Å². The summed E-state index contributed by atoms with van der Waals surface area (Å²) in [4.78, 5) is 16.1. The van der Waals surface area contributed by atoms with Crippen LogP contribution in [-0.2, 0) is 10.0 Å². The molecule has 0 radical (unpaired) electrons. The third-order valence-corrected chi connectivity index (χ3v) is 4.81. The minimum Gasteiger partial charge on any atom is -0.366 e. The maximum absolute atomic E-state index is 12.0. The molecule has 2 heterocycles. The molecular weight excluding hydrogens is 266 g/mol. The highest BCUT2D eigenvalue weighted by molar-refractivity contribution is 7.89. The molecule has 2 N–H and O–H groups in total. The zero-order valence-corrected chi connectivity index (χ0v) is 11.7. The van der Waals surface area contributed by atoms with Crippen molar-refractivity contribution in [1.82, 2.24) is 14.6 Å². The summed E-state index contributed by atoms with van der Waals surface area (Å²) in [6.45, 7) is 2.32. The van der Waals surface area contributed by atoms with Gasteiger partial charge in [0.2, 0.25) is 15.5 Å². The SMILES string of the molecule is CN1CCCC(CNS(=O)(=O)c2c[nH]ccc2=O)C1. The van der Waals surface area contributed by atoms with Gasteiger partial charge < -0.3 is 9.88 Å². The van der Waals surface area contributed by atoms with E-state index >= 15 is 0 Å². The highest BCUT2D eigenvalue weighted by atomic mass is 32.2. The van der Waals surface area contributed by atoms with E-state index in [0.29, 0.717) is 12.5 Å². The standard InChI is InChI=1S/C12H19N3O3S/c1-15-6-2-3-10(9-15)7-14-19(17,18)12-8-13-5-4-11(12)16/h4-5,8,10,14H,2-3,6-7,9H2,1H3,(H,13,16). The number of hydrogen-bond donors (Lipinski definition) is 2. The van der Waals surface area contributed by atoms with Gasteiger partial charge in [0.05, 0.1) is 0 Å². The Morgan fingerprint density at radius 3 is 3.00 bits per heavy atom. The molecule has 1 atom stereocenters. The minimum atomic E-state index is -3.72. The van der Waals surface area contributed by atoms with Crippen molar-refractivity contribution >= 4 is 10.0 Å². The summed E-state index contributed by atoms with van der Waals surface area (Å²) in [5.41, 5.74) is -0.494. The molecule has 6 nitrogen and oxygen atoms in total. The molecule has 2 rings (SSSR count). The van der Waals surface area contributed by atoms with E-state index in [0.717, 1.165) is 25.9 Å². The Bertz CT molecular complexity index is 582. The predicted molar refractivity (Wildman–Crippen MR) is 72.5 cm³/mol. The second-order valence-corrected chi connectivity index (χ2v) is 6.73. The van der Waals surface area contributed by atoms with Crippen LogP contribution in [0.3, 0.4) is 0 Å². The van der Waals surface area contributed by atoms with Crippen molar-refractivity contribution < 1.29 is 8.42 Å². The highest BCUT2D eigenvalue weighted by Crippen LogP contribution is 2.14. The van der Waals surface area contributed by atoms with Crippen molar-refractivity contribution in [2.24, 2.45) is 5.92 Å². The van der Waals surface area contributed by atoms with E-state index in [1.807, 2.05) is 7.05 Å². The number of hydrogen-bond acceptors (Lipinski definition) is 4. The lowest BCUT2D eigenvalue weighted by Crippen LogP contribution is -2.39. The van der Waals surface area contributed by atoms with Gasteiger partial charge in [-0.3, -0.25) is 4.79 Å². The van der Waals surface area contributed by atoms with Crippen LogP contribution in [0, 0.1) is 5.92 Å². The second kappa shape index (κ2) is 5.85. The van der Waals surface area contributed by atoms with E-state index in [4.69, 9.17) is 0 Å². The van der Waals surface area contributed by atoms with Crippen LogP contribution in [0.25, 0.3) is 0 Å². The average Bonchev–Trinajstić information content (AvgIpc) is 2.37. The number of likely N-dealkylation sites (tertiary alicyclic amines) is 1. The fourth-order valence-electron chi connectivity index (χ4n) is 2.36. The van der Waals surface area contributed by atoms with Crippen LogP contribution < -0.4 is 10.2 Å². The molecule has 1 aromatic rings. The van der Waals surface area contributed by atoms with E-state index in [1.54, 1.807) is 0 Å². The fraction of sp³-hybridized carbons (Fsp3) is 0.583. The van der Waals surface area contributed by atoms with Gasteiger partial charge in [-0.2, -0.15) is 0 Å². The largest absolute Gasteiger partial charge is 0.366 e. The lowest BCUT2D eigenvalue weighted by Gasteiger charge is -2.29. The zero-order valence-electron chi connectivity index (χ0n) is 10.9. The van der Waals surface area contributed by atoms with Gasteiger partial charge in [0.15, 0.2) is 0 Å². The summed E-state index contributed by atoms with van der Waals surface area (Å²) in [7, 11) is -1.69. The number of sulfonamides is 1. The number of aromatic nitrogens is 1. The summed E-state index contributed by atoms with van der Waals surface area (Å²) >= 11 is 0. The summed E-state index contributed by atoms with van der Waals surface area (Å²) in [5.74, 6) is 0.302. The number of H-pyrrole nitrogens is 1. The molecule has 7 heteroatoms. The van der Waals surface area contributed by atoms with E-state index in [-0.39, 0.29) is 4.90 Å². The Balaban J connectivity index is 2.02. The topological polar surface area (TPSA) is 82.3 Å². The Hall–Kier alpha value is -1.18. The molecule has 0 aromatic carbocycles. The van der Waals surface area contributed by atoms with E-state index in [2.05, 4.69) is 14.6 Å². The normalized spacial score (nSPS) is 21.4. The van der Waals surface area contributed by atoms with Gasteiger partial charge in [-0.05, 0) is 32.4 Å². The molecule has 1 fully saturated rings. The quantitative estimate of drug-likeness (QED) is 0.815. The van der Waals surface area contributed by atoms with E-state index < -0.39 is 15.5 Å². The zero-order chi connectivity index (χ0) is 13.9. The van der Waals surface area contributed by atoms with Crippen molar-refractivity contribution in [1.29, 1.82) is 0 Å². The van der Waals surface area contributed by atoms with Crippen LogP contribution >= 0.6 is 0 Å². The van der Waals surface area contributed by atoms with Gasteiger partial charge in [-0.15, -0.1) is 0 Å². The third-order valence-electron chi connectivity index (χ3n) is 3.36. The molecule has 0 aliphatic carbocycles. The molecule has 1 saturated heterocycles. The number of nitrogens with zero attached hydrogens (tertiary/aromatic N) is 1. The molecule has 0 amide bonds. The third kappa shape index (κ3) is 3.65. The van der Waals surface area contributed by atoms with Crippen LogP contribution in [0.15, 0.2) is 28.2 Å². The Labute approximate surface area is 112 Å². The van der Waals surface area contributed by atoms with Crippen molar-refractivity contribution in [2.75, 3.05) is 26.7 Å². The fourth-order valence-corrected chi connectivity index (χ4v) is 3.52. The summed E-state index contributed by atoms with van der Waals surface area (Å²) < 4.78 is 26.6. The van der Waals surface area contributed by atoms with Crippen LogP contribution in [0.5, 0.6) is 0 Å². The first kappa shape index (κ1) is 14.2. The maximum Gasteiger partial charge on any atom is 0.245 e. The first-order valence-electron chi connectivity index (χ1n) is 6.34.